The van der Waals surface area contributed by atoms with Gasteiger partial charge in [-0.05, 0) is 43.7 Å². The minimum atomic E-state index is -0.862. The first-order valence-electron chi connectivity index (χ1n) is 8.13. The van der Waals surface area contributed by atoms with E-state index in [2.05, 4.69) is 15.6 Å². The van der Waals surface area contributed by atoms with Gasteiger partial charge in [-0.15, -0.1) is 0 Å². The molecule has 0 aromatic heterocycles. The van der Waals surface area contributed by atoms with E-state index in [1.165, 1.54) is 6.07 Å². The molecule has 0 bridgehead atoms. The van der Waals surface area contributed by atoms with Crippen LogP contribution in [0.3, 0.4) is 0 Å². The maximum Gasteiger partial charge on any atom is 0.191 e. The minimum absolute atomic E-state index is 0.0699. The highest BCUT2D eigenvalue weighted by Gasteiger charge is 2.12. The van der Waals surface area contributed by atoms with Crippen molar-refractivity contribution in [1.29, 1.82) is 0 Å². The van der Waals surface area contributed by atoms with Crippen LogP contribution in [0.4, 0.5) is 8.78 Å². The molecule has 2 rings (SSSR count). The largest absolute Gasteiger partial charge is 0.489 e. The van der Waals surface area contributed by atoms with E-state index in [1.54, 1.807) is 13.1 Å². The summed E-state index contributed by atoms with van der Waals surface area (Å²) in [6.45, 7) is 4.34. The van der Waals surface area contributed by atoms with E-state index in [9.17, 15) is 8.78 Å². The first kappa shape index (κ1) is 18.7. The van der Waals surface area contributed by atoms with Crippen molar-refractivity contribution in [2.24, 2.45) is 4.99 Å². The molecule has 6 heteroatoms. The van der Waals surface area contributed by atoms with Gasteiger partial charge in [-0.3, -0.25) is 4.99 Å². The van der Waals surface area contributed by atoms with Crippen LogP contribution in [-0.2, 0) is 0 Å². The standard InChI is InChI=1S/C19H23F2N3O/c1-13(25-16-7-5-4-6-8-16)12-23-19(22-3)24-14(2)15-9-10-17(20)18(21)11-15/h4-11,13-14H,12H2,1-3H3,(H2,22,23,24). The SMILES string of the molecule is CN=C(NCC(C)Oc1ccccc1)NC(C)c1ccc(F)c(F)c1. The Morgan fingerprint density at radius 1 is 1.08 bits per heavy atom. The van der Waals surface area contributed by atoms with E-state index in [-0.39, 0.29) is 12.1 Å². The van der Waals surface area contributed by atoms with Crippen molar-refractivity contribution in [2.45, 2.75) is 26.0 Å². The summed E-state index contributed by atoms with van der Waals surface area (Å²) in [4.78, 5) is 4.14. The number of benzene rings is 2. The van der Waals surface area contributed by atoms with Crippen molar-refractivity contribution in [2.75, 3.05) is 13.6 Å². The number of halogens is 2. The Morgan fingerprint density at radius 2 is 1.80 bits per heavy atom. The number of hydrogen-bond acceptors (Lipinski definition) is 2. The average Bonchev–Trinajstić information content (AvgIpc) is 2.61. The third-order valence-electron chi connectivity index (χ3n) is 3.66. The molecule has 2 atom stereocenters. The van der Waals surface area contributed by atoms with Crippen LogP contribution in [0.15, 0.2) is 53.5 Å². The van der Waals surface area contributed by atoms with Gasteiger partial charge in [0.05, 0.1) is 12.6 Å². The highest BCUT2D eigenvalue weighted by atomic mass is 19.2. The van der Waals surface area contributed by atoms with Gasteiger partial charge in [0.1, 0.15) is 11.9 Å². The molecule has 2 aromatic rings. The molecule has 0 saturated heterocycles. The molecular weight excluding hydrogens is 324 g/mol. The highest BCUT2D eigenvalue weighted by Crippen LogP contribution is 2.16. The fourth-order valence-corrected chi connectivity index (χ4v) is 2.28. The van der Waals surface area contributed by atoms with Gasteiger partial charge in [-0.25, -0.2) is 8.78 Å². The Balaban J connectivity index is 1.86. The number of rotatable bonds is 6. The van der Waals surface area contributed by atoms with Crippen molar-refractivity contribution < 1.29 is 13.5 Å². The van der Waals surface area contributed by atoms with Crippen molar-refractivity contribution in [1.82, 2.24) is 10.6 Å². The Hall–Kier alpha value is -2.63. The molecule has 134 valence electrons. The maximum absolute atomic E-state index is 13.4. The molecule has 0 heterocycles. The second-order valence-corrected chi connectivity index (χ2v) is 5.73. The molecule has 0 aliphatic rings. The molecule has 2 N–H and O–H groups in total. The van der Waals surface area contributed by atoms with E-state index in [4.69, 9.17) is 4.74 Å². The lowest BCUT2D eigenvalue weighted by Crippen LogP contribution is -2.42. The predicted molar refractivity (Wildman–Crippen MR) is 95.8 cm³/mol. The summed E-state index contributed by atoms with van der Waals surface area (Å²) in [5.74, 6) is -0.361. The lowest BCUT2D eigenvalue weighted by atomic mass is 10.1. The van der Waals surface area contributed by atoms with Crippen LogP contribution in [0.2, 0.25) is 0 Å². The van der Waals surface area contributed by atoms with Crippen LogP contribution in [0.5, 0.6) is 5.75 Å². The molecule has 2 unspecified atom stereocenters. The van der Waals surface area contributed by atoms with Gasteiger partial charge in [0.25, 0.3) is 0 Å². The highest BCUT2D eigenvalue weighted by molar-refractivity contribution is 5.80. The Morgan fingerprint density at radius 3 is 2.44 bits per heavy atom. The Kier molecular flexibility index (Phi) is 6.74. The van der Waals surface area contributed by atoms with Gasteiger partial charge < -0.3 is 15.4 Å². The quantitative estimate of drug-likeness (QED) is 0.619. The van der Waals surface area contributed by atoms with Gasteiger partial charge in [-0.1, -0.05) is 24.3 Å². The number of hydrogen-bond donors (Lipinski definition) is 2. The molecular formula is C19H23F2N3O. The third kappa shape index (κ3) is 5.74. The van der Waals surface area contributed by atoms with Gasteiger partial charge in [0, 0.05) is 7.05 Å². The Labute approximate surface area is 146 Å². The van der Waals surface area contributed by atoms with Crippen LogP contribution in [0, 0.1) is 11.6 Å². The third-order valence-corrected chi connectivity index (χ3v) is 3.66. The first-order chi connectivity index (χ1) is 12.0. The van der Waals surface area contributed by atoms with E-state index < -0.39 is 11.6 Å². The van der Waals surface area contributed by atoms with Crippen molar-refractivity contribution in [3.05, 3.63) is 65.7 Å². The molecule has 0 spiro atoms. The number of nitrogens with zero attached hydrogens (tertiary/aromatic N) is 1. The molecule has 0 fully saturated rings. The predicted octanol–water partition coefficient (Wildman–Crippen LogP) is 3.66. The fourth-order valence-electron chi connectivity index (χ4n) is 2.28. The zero-order valence-corrected chi connectivity index (χ0v) is 14.6. The number of aliphatic imine (C=N–C) groups is 1. The van der Waals surface area contributed by atoms with Crippen molar-refractivity contribution in [3.63, 3.8) is 0 Å². The van der Waals surface area contributed by atoms with Crippen LogP contribution in [0.25, 0.3) is 0 Å². The van der Waals surface area contributed by atoms with Gasteiger partial charge in [0.2, 0.25) is 0 Å². The molecule has 25 heavy (non-hydrogen) atoms. The number of nitrogens with one attached hydrogen (secondary N) is 2. The normalized spacial score (nSPS) is 13.9. The molecule has 4 nitrogen and oxygen atoms in total. The van der Waals surface area contributed by atoms with Crippen LogP contribution >= 0.6 is 0 Å². The van der Waals surface area contributed by atoms with E-state index >= 15 is 0 Å². The molecule has 2 aromatic carbocycles. The zero-order chi connectivity index (χ0) is 18.2. The van der Waals surface area contributed by atoms with Crippen LogP contribution in [-0.4, -0.2) is 25.7 Å². The van der Waals surface area contributed by atoms with E-state index in [0.717, 1.165) is 11.8 Å². The summed E-state index contributed by atoms with van der Waals surface area (Å²) >= 11 is 0. The first-order valence-corrected chi connectivity index (χ1v) is 8.13. The Bertz CT molecular complexity index is 707. The molecule has 0 aliphatic heterocycles. The van der Waals surface area contributed by atoms with E-state index in [0.29, 0.717) is 18.1 Å². The van der Waals surface area contributed by atoms with E-state index in [1.807, 2.05) is 44.2 Å². The number of ether oxygens (including phenoxy) is 1. The molecule has 0 amide bonds. The van der Waals surface area contributed by atoms with Crippen molar-refractivity contribution >= 4 is 5.96 Å². The fraction of sp³-hybridized carbons (Fsp3) is 0.316. The summed E-state index contributed by atoms with van der Waals surface area (Å²) in [5, 5.41) is 6.31. The monoisotopic (exact) mass is 347 g/mol. The second-order valence-electron chi connectivity index (χ2n) is 5.73. The zero-order valence-electron chi connectivity index (χ0n) is 14.6. The lowest BCUT2D eigenvalue weighted by Gasteiger charge is -2.21. The van der Waals surface area contributed by atoms with Gasteiger partial charge in [0.15, 0.2) is 17.6 Å². The summed E-state index contributed by atoms with van der Waals surface area (Å²) < 4.78 is 32.2. The molecule has 0 radical (unpaired) electrons. The number of guanidine groups is 1. The van der Waals surface area contributed by atoms with Crippen molar-refractivity contribution in [3.8, 4) is 5.75 Å². The molecule has 0 aliphatic carbocycles. The second kappa shape index (κ2) is 9.01. The number of para-hydroxylation sites is 1. The summed E-state index contributed by atoms with van der Waals surface area (Å²) in [6.07, 6.45) is -0.0699. The maximum atomic E-state index is 13.4. The summed E-state index contributed by atoms with van der Waals surface area (Å²) in [6, 6.07) is 13.2. The summed E-state index contributed by atoms with van der Waals surface area (Å²) in [7, 11) is 1.65. The topological polar surface area (TPSA) is 45.7 Å². The average molecular weight is 347 g/mol. The van der Waals surface area contributed by atoms with Crippen LogP contribution < -0.4 is 15.4 Å². The van der Waals surface area contributed by atoms with Crippen LogP contribution in [0.1, 0.15) is 25.5 Å². The van der Waals surface area contributed by atoms with Gasteiger partial charge in [-0.2, -0.15) is 0 Å². The minimum Gasteiger partial charge on any atom is -0.489 e. The summed E-state index contributed by atoms with van der Waals surface area (Å²) in [5.41, 5.74) is 0.635. The smallest absolute Gasteiger partial charge is 0.191 e. The molecule has 0 saturated carbocycles. The lowest BCUT2D eigenvalue weighted by molar-refractivity contribution is 0.223. The van der Waals surface area contributed by atoms with Gasteiger partial charge >= 0.3 is 0 Å².